The van der Waals surface area contributed by atoms with Crippen molar-refractivity contribution in [2.75, 3.05) is 32.6 Å². The van der Waals surface area contributed by atoms with Crippen LogP contribution in [0.25, 0.3) is 0 Å². The number of nitrogens with one attached hydrogen (secondary N) is 2. The number of benzene rings is 2. The van der Waals surface area contributed by atoms with E-state index in [1.54, 1.807) is 38.5 Å². The van der Waals surface area contributed by atoms with Crippen molar-refractivity contribution in [2.24, 2.45) is 0 Å². The van der Waals surface area contributed by atoms with Crippen LogP contribution in [0, 0.1) is 0 Å². The van der Waals surface area contributed by atoms with Gasteiger partial charge in [0, 0.05) is 24.1 Å². The van der Waals surface area contributed by atoms with Gasteiger partial charge in [-0.15, -0.1) is 0 Å². The summed E-state index contributed by atoms with van der Waals surface area (Å²) in [7, 11) is 3.31. The number of Topliss-reactive ketones (excluding diaryl/α,β-unsaturated/α-hetero) is 1. The minimum absolute atomic E-state index is 0.0218. The van der Waals surface area contributed by atoms with Gasteiger partial charge in [0.05, 0.1) is 26.3 Å². The summed E-state index contributed by atoms with van der Waals surface area (Å²) in [6.45, 7) is 2.79. The Bertz CT molecular complexity index is 865. The van der Waals surface area contributed by atoms with Gasteiger partial charge in [0.2, 0.25) is 0 Å². The predicted octanol–water partition coefficient (Wildman–Crippen LogP) is 2.26. The Hall–Kier alpha value is -2.86. The van der Waals surface area contributed by atoms with E-state index in [2.05, 4.69) is 5.32 Å². The highest BCUT2D eigenvalue weighted by atomic mass is 16.5. The molecular weight excluding hydrogens is 356 g/mol. The Morgan fingerprint density at radius 3 is 2.68 bits per heavy atom. The number of amides is 1. The average molecular weight is 383 g/mol. The Morgan fingerprint density at radius 2 is 1.96 bits per heavy atom. The number of ketones is 1. The maximum absolute atomic E-state index is 12.6. The molecule has 3 rings (SSSR count). The van der Waals surface area contributed by atoms with Crippen LogP contribution < -0.4 is 19.7 Å². The fraction of sp³-hybridized carbons (Fsp3) is 0.364. The van der Waals surface area contributed by atoms with Crippen LogP contribution in [0.4, 0.5) is 5.69 Å². The molecule has 6 nitrogen and oxygen atoms in total. The second kappa shape index (κ2) is 8.89. The second-order valence-corrected chi connectivity index (χ2v) is 7.07. The highest BCUT2D eigenvalue weighted by Crippen LogP contribution is 2.31. The SMILES string of the molecule is COc1ccc(OC)c([C@@H]2CCC[NH+]2CC(=O)Nc2cccc(C(C)=O)c2)c1. The van der Waals surface area contributed by atoms with Crippen LogP contribution in [-0.4, -0.2) is 39.0 Å². The van der Waals surface area contributed by atoms with Crippen molar-refractivity contribution in [3.63, 3.8) is 0 Å². The molecule has 0 saturated carbocycles. The highest BCUT2D eigenvalue weighted by molar-refractivity contribution is 5.97. The number of hydrogen-bond acceptors (Lipinski definition) is 4. The van der Waals surface area contributed by atoms with Gasteiger partial charge >= 0.3 is 0 Å². The molecule has 6 heteroatoms. The first-order valence-electron chi connectivity index (χ1n) is 9.49. The third kappa shape index (κ3) is 4.51. The van der Waals surface area contributed by atoms with Crippen LogP contribution in [0.2, 0.25) is 0 Å². The van der Waals surface area contributed by atoms with Gasteiger partial charge in [-0.05, 0) is 37.3 Å². The molecule has 0 bridgehead atoms. The molecule has 2 aromatic carbocycles. The number of methoxy groups -OCH3 is 2. The number of ether oxygens (including phenoxy) is 2. The van der Waals surface area contributed by atoms with Gasteiger partial charge in [-0.1, -0.05) is 12.1 Å². The van der Waals surface area contributed by atoms with E-state index in [-0.39, 0.29) is 17.7 Å². The quantitative estimate of drug-likeness (QED) is 0.720. The summed E-state index contributed by atoms with van der Waals surface area (Å²) in [6.07, 6.45) is 2.04. The molecule has 2 atom stereocenters. The van der Waals surface area contributed by atoms with Gasteiger partial charge in [-0.3, -0.25) is 9.59 Å². The summed E-state index contributed by atoms with van der Waals surface area (Å²) in [4.78, 5) is 25.4. The molecule has 1 fully saturated rings. The maximum atomic E-state index is 12.6. The van der Waals surface area contributed by atoms with E-state index in [1.165, 1.54) is 11.8 Å². The van der Waals surface area contributed by atoms with Crippen LogP contribution >= 0.6 is 0 Å². The molecular formula is C22H27N2O4+. The van der Waals surface area contributed by atoms with E-state index in [9.17, 15) is 9.59 Å². The third-order valence-electron chi connectivity index (χ3n) is 5.24. The Balaban J connectivity index is 1.72. The van der Waals surface area contributed by atoms with Crippen molar-refractivity contribution in [1.29, 1.82) is 0 Å². The molecule has 148 valence electrons. The molecule has 0 spiro atoms. The first kappa shape index (κ1) is 19.9. The topological polar surface area (TPSA) is 69.1 Å². The minimum Gasteiger partial charge on any atom is -0.497 e. The van der Waals surface area contributed by atoms with Gasteiger partial charge in [0.1, 0.15) is 17.5 Å². The van der Waals surface area contributed by atoms with Gasteiger partial charge in [-0.2, -0.15) is 0 Å². The average Bonchev–Trinajstić information content (AvgIpc) is 3.15. The van der Waals surface area contributed by atoms with E-state index in [4.69, 9.17) is 9.47 Å². The van der Waals surface area contributed by atoms with Crippen molar-refractivity contribution in [1.82, 2.24) is 0 Å². The summed E-state index contributed by atoms with van der Waals surface area (Å²) < 4.78 is 10.9. The lowest BCUT2D eigenvalue weighted by molar-refractivity contribution is -0.910. The zero-order valence-corrected chi connectivity index (χ0v) is 16.6. The van der Waals surface area contributed by atoms with Crippen LogP contribution in [0.1, 0.15) is 41.7 Å². The lowest BCUT2D eigenvalue weighted by atomic mass is 10.0. The lowest BCUT2D eigenvalue weighted by Gasteiger charge is -2.23. The van der Waals surface area contributed by atoms with Crippen LogP contribution in [0.5, 0.6) is 11.5 Å². The predicted molar refractivity (Wildman–Crippen MR) is 107 cm³/mol. The summed E-state index contributed by atoms with van der Waals surface area (Å²) in [6, 6.07) is 13.0. The standard InChI is InChI=1S/C22H26N2O4/c1-15(25)16-6-4-7-17(12-16)23-22(26)14-24-11-5-8-20(24)19-13-18(27-2)9-10-21(19)28-3/h4,6-7,9-10,12-13,20H,5,8,11,14H2,1-3H3,(H,23,26)/p+1/t20-/m0/s1. The van der Waals surface area contributed by atoms with Gasteiger partial charge in [0.15, 0.2) is 12.3 Å². The second-order valence-electron chi connectivity index (χ2n) is 7.07. The van der Waals surface area contributed by atoms with Crippen LogP contribution in [0.15, 0.2) is 42.5 Å². The van der Waals surface area contributed by atoms with Gasteiger partial charge < -0.3 is 19.7 Å². The van der Waals surface area contributed by atoms with E-state index in [1.807, 2.05) is 18.2 Å². The van der Waals surface area contributed by atoms with Gasteiger partial charge in [-0.25, -0.2) is 0 Å². The van der Waals surface area contributed by atoms with Gasteiger partial charge in [0.25, 0.3) is 5.91 Å². The number of anilines is 1. The fourth-order valence-electron chi connectivity index (χ4n) is 3.84. The summed E-state index contributed by atoms with van der Waals surface area (Å²) >= 11 is 0. The molecule has 0 aromatic heterocycles. The van der Waals surface area contributed by atoms with Crippen LogP contribution in [0.3, 0.4) is 0 Å². The summed E-state index contributed by atoms with van der Waals surface area (Å²) in [5.74, 6) is 1.52. The molecule has 2 aromatic rings. The fourth-order valence-corrected chi connectivity index (χ4v) is 3.84. The van der Waals surface area contributed by atoms with E-state index >= 15 is 0 Å². The molecule has 1 aliphatic rings. The summed E-state index contributed by atoms with van der Waals surface area (Å²) in [5.41, 5.74) is 2.30. The largest absolute Gasteiger partial charge is 0.497 e. The molecule has 0 aliphatic carbocycles. The molecule has 2 N–H and O–H groups in total. The molecule has 0 radical (unpaired) electrons. The number of carbonyl (C=O) groups excluding carboxylic acids is 2. The Morgan fingerprint density at radius 1 is 1.14 bits per heavy atom. The van der Waals surface area contributed by atoms with Crippen LogP contribution in [-0.2, 0) is 4.79 Å². The Kier molecular flexibility index (Phi) is 6.31. The van der Waals surface area contributed by atoms with Crippen molar-refractivity contribution in [3.05, 3.63) is 53.6 Å². The summed E-state index contributed by atoms with van der Waals surface area (Å²) in [5, 5.41) is 2.92. The van der Waals surface area contributed by atoms with Crippen molar-refractivity contribution >= 4 is 17.4 Å². The normalized spacial score (nSPS) is 18.5. The zero-order valence-electron chi connectivity index (χ0n) is 16.6. The molecule has 1 saturated heterocycles. The van der Waals surface area contributed by atoms with Crippen molar-refractivity contribution in [2.45, 2.75) is 25.8 Å². The molecule has 1 amide bonds. The van der Waals surface area contributed by atoms with E-state index < -0.39 is 0 Å². The number of hydrogen-bond donors (Lipinski definition) is 2. The molecule has 1 heterocycles. The Labute approximate surface area is 165 Å². The molecule has 1 aliphatic heterocycles. The van der Waals surface area contributed by atoms with E-state index in [0.717, 1.165) is 36.4 Å². The van der Waals surface area contributed by atoms with Crippen molar-refractivity contribution < 1.29 is 24.0 Å². The van der Waals surface area contributed by atoms with E-state index in [0.29, 0.717) is 17.8 Å². The number of carbonyl (C=O) groups is 2. The minimum atomic E-state index is -0.0653. The number of likely N-dealkylation sites (tertiary alicyclic amines) is 1. The smallest absolute Gasteiger partial charge is 0.279 e. The third-order valence-corrected chi connectivity index (χ3v) is 5.24. The first-order valence-corrected chi connectivity index (χ1v) is 9.49. The first-order chi connectivity index (χ1) is 13.5. The maximum Gasteiger partial charge on any atom is 0.279 e. The van der Waals surface area contributed by atoms with Crippen molar-refractivity contribution in [3.8, 4) is 11.5 Å². The molecule has 28 heavy (non-hydrogen) atoms. The molecule has 1 unspecified atom stereocenters. The zero-order chi connectivity index (χ0) is 20.1. The number of rotatable bonds is 7. The monoisotopic (exact) mass is 383 g/mol. The lowest BCUT2D eigenvalue weighted by Crippen LogP contribution is -3.11. The highest BCUT2D eigenvalue weighted by Gasteiger charge is 2.34. The number of quaternary nitrogens is 1.